The lowest BCUT2D eigenvalue weighted by atomic mass is 10.2. The van der Waals surface area contributed by atoms with Crippen LogP contribution in [0.4, 0.5) is 0 Å². The van der Waals surface area contributed by atoms with Crippen molar-refractivity contribution < 1.29 is 8.42 Å². The Morgan fingerprint density at radius 2 is 1.80 bits per heavy atom. The first-order valence-corrected chi connectivity index (χ1v) is 8.99. The molecule has 0 amide bonds. The molecule has 0 radical (unpaired) electrons. The fourth-order valence-electron chi connectivity index (χ4n) is 1.71. The van der Waals surface area contributed by atoms with Crippen molar-refractivity contribution in [3.8, 4) is 0 Å². The molecule has 0 unspecified atom stereocenters. The van der Waals surface area contributed by atoms with Gasteiger partial charge in [0.1, 0.15) is 0 Å². The molecule has 0 spiro atoms. The van der Waals surface area contributed by atoms with Crippen molar-refractivity contribution in [2.45, 2.75) is 32.7 Å². The monoisotopic (exact) mass is 318 g/mol. The third-order valence-electron chi connectivity index (χ3n) is 2.85. The molecule has 6 heteroatoms. The predicted molar refractivity (Wildman–Crippen MR) is 84.5 cm³/mol. The van der Waals surface area contributed by atoms with Gasteiger partial charge in [0.15, 0.2) is 0 Å². The van der Waals surface area contributed by atoms with Gasteiger partial charge < -0.3 is 5.32 Å². The highest BCUT2D eigenvalue weighted by Crippen LogP contribution is 2.09. The molecule has 20 heavy (non-hydrogen) atoms. The standard InChI is InChI=1S/C14H23ClN2O2S/c1-2-9-16-10-3-4-11-20(18,19)17-12-13-5-7-14(15)8-6-13/h5-8,16-17H,2-4,9-12H2,1H3. The highest BCUT2D eigenvalue weighted by Gasteiger charge is 2.09. The van der Waals surface area contributed by atoms with Crippen molar-refractivity contribution in [1.82, 2.24) is 10.0 Å². The minimum absolute atomic E-state index is 0.175. The lowest BCUT2D eigenvalue weighted by Crippen LogP contribution is -2.26. The summed E-state index contributed by atoms with van der Waals surface area (Å²) in [6.45, 7) is 4.29. The summed E-state index contributed by atoms with van der Waals surface area (Å²) < 4.78 is 26.2. The number of unbranched alkanes of at least 4 members (excludes halogenated alkanes) is 1. The number of halogens is 1. The van der Waals surface area contributed by atoms with E-state index in [-0.39, 0.29) is 5.75 Å². The van der Waals surface area contributed by atoms with Crippen LogP contribution >= 0.6 is 11.6 Å². The molecular formula is C14H23ClN2O2S. The number of rotatable bonds is 10. The Balaban J connectivity index is 2.22. The molecule has 114 valence electrons. The first-order chi connectivity index (χ1) is 9.53. The lowest BCUT2D eigenvalue weighted by molar-refractivity contribution is 0.572. The van der Waals surface area contributed by atoms with Gasteiger partial charge >= 0.3 is 0 Å². The Morgan fingerprint density at radius 1 is 1.10 bits per heavy atom. The maximum atomic E-state index is 11.8. The molecule has 0 saturated carbocycles. The summed E-state index contributed by atoms with van der Waals surface area (Å²) in [6.07, 6.45) is 2.65. The fraction of sp³-hybridized carbons (Fsp3) is 0.571. The predicted octanol–water partition coefficient (Wildman–Crippen LogP) is 2.54. The van der Waals surface area contributed by atoms with Crippen LogP contribution in [0.25, 0.3) is 0 Å². The van der Waals surface area contributed by atoms with E-state index in [0.717, 1.165) is 31.5 Å². The third kappa shape index (κ3) is 7.85. The molecule has 0 bridgehead atoms. The van der Waals surface area contributed by atoms with Crippen molar-refractivity contribution in [3.63, 3.8) is 0 Å². The molecule has 0 aliphatic heterocycles. The Hall–Kier alpha value is -0.620. The second kappa shape index (κ2) is 9.34. The Bertz CT molecular complexity index is 474. The van der Waals surface area contributed by atoms with Crippen LogP contribution in [-0.2, 0) is 16.6 Å². The zero-order chi connectivity index (χ0) is 14.8. The molecule has 0 saturated heterocycles. The van der Waals surface area contributed by atoms with Crippen LogP contribution in [0.15, 0.2) is 24.3 Å². The van der Waals surface area contributed by atoms with Gasteiger partial charge in [-0.2, -0.15) is 0 Å². The number of hydrogen-bond acceptors (Lipinski definition) is 3. The fourth-order valence-corrected chi connectivity index (χ4v) is 2.95. The SMILES string of the molecule is CCCNCCCCS(=O)(=O)NCc1ccc(Cl)cc1. The Labute approximate surface area is 127 Å². The number of nitrogens with one attached hydrogen (secondary N) is 2. The quantitative estimate of drug-likeness (QED) is 0.652. The van der Waals surface area contributed by atoms with Gasteiger partial charge in [-0.05, 0) is 50.0 Å². The topological polar surface area (TPSA) is 58.2 Å². The maximum absolute atomic E-state index is 11.8. The second-order valence-electron chi connectivity index (χ2n) is 4.72. The van der Waals surface area contributed by atoms with Crippen LogP contribution in [0.1, 0.15) is 31.7 Å². The molecule has 0 fully saturated rings. The summed E-state index contributed by atoms with van der Waals surface area (Å²) in [6, 6.07) is 7.15. The average Bonchev–Trinajstić information content (AvgIpc) is 2.42. The van der Waals surface area contributed by atoms with Crippen LogP contribution in [0.3, 0.4) is 0 Å². The van der Waals surface area contributed by atoms with E-state index < -0.39 is 10.0 Å². The smallest absolute Gasteiger partial charge is 0.211 e. The maximum Gasteiger partial charge on any atom is 0.211 e. The number of hydrogen-bond donors (Lipinski definition) is 2. The molecule has 2 N–H and O–H groups in total. The second-order valence-corrected chi connectivity index (χ2v) is 7.09. The van der Waals surface area contributed by atoms with Gasteiger partial charge in [0.05, 0.1) is 5.75 Å². The molecule has 1 aromatic carbocycles. The minimum atomic E-state index is -3.19. The van der Waals surface area contributed by atoms with Crippen LogP contribution in [0.5, 0.6) is 0 Å². The minimum Gasteiger partial charge on any atom is -0.317 e. The molecule has 0 atom stereocenters. The molecule has 1 aromatic rings. The molecule has 4 nitrogen and oxygen atoms in total. The van der Waals surface area contributed by atoms with E-state index in [1.165, 1.54) is 0 Å². The molecular weight excluding hydrogens is 296 g/mol. The summed E-state index contributed by atoms with van der Waals surface area (Å²) >= 11 is 5.78. The van der Waals surface area contributed by atoms with Crippen LogP contribution in [0, 0.1) is 0 Å². The van der Waals surface area contributed by atoms with E-state index in [1.54, 1.807) is 12.1 Å². The Kier molecular flexibility index (Phi) is 8.14. The van der Waals surface area contributed by atoms with Crippen LogP contribution in [-0.4, -0.2) is 27.3 Å². The van der Waals surface area contributed by atoms with Gasteiger partial charge in [0.25, 0.3) is 0 Å². The molecule has 0 aromatic heterocycles. The van der Waals surface area contributed by atoms with E-state index in [4.69, 9.17) is 11.6 Å². The first kappa shape index (κ1) is 17.4. The third-order valence-corrected chi connectivity index (χ3v) is 4.52. The molecule has 0 aliphatic carbocycles. The van der Waals surface area contributed by atoms with E-state index in [0.29, 0.717) is 18.0 Å². The van der Waals surface area contributed by atoms with Gasteiger partial charge in [0.2, 0.25) is 10.0 Å². The highest BCUT2D eigenvalue weighted by atomic mass is 35.5. The Morgan fingerprint density at radius 3 is 2.45 bits per heavy atom. The summed E-state index contributed by atoms with van der Waals surface area (Å²) in [5, 5.41) is 3.91. The van der Waals surface area contributed by atoms with Gasteiger partial charge in [-0.3, -0.25) is 0 Å². The van der Waals surface area contributed by atoms with Crippen LogP contribution < -0.4 is 10.0 Å². The van der Waals surface area contributed by atoms with E-state index in [2.05, 4.69) is 17.0 Å². The van der Waals surface area contributed by atoms with Crippen molar-refractivity contribution in [1.29, 1.82) is 0 Å². The summed E-state index contributed by atoms with van der Waals surface area (Å²) in [5.41, 5.74) is 0.905. The van der Waals surface area contributed by atoms with E-state index in [1.807, 2.05) is 12.1 Å². The summed E-state index contributed by atoms with van der Waals surface area (Å²) in [4.78, 5) is 0. The highest BCUT2D eigenvalue weighted by molar-refractivity contribution is 7.89. The van der Waals surface area contributed by atoms with Crippen molar-refractivity contribution in [3.05, 3.63) is 34.9 Å². The van der Waals surface area contributed by atoms with Gasteiger partial charge in [-0.25, -0.2) is 13.1 Å². The van der Waals surface area contributed by atoms with Gasteiger partial charge in [-0.15, -0.1) is 0 Å². The van der Waals surface area contributed by atoms with Crippen molar-refractivity contribution in [2.24, 2.45) is 0 Å². The van der Waals surface area contributed by atoms with Gasteiger partial charge in [0, 0.05) is 11.6 Å². The van der Waals surface area contributed by atoms with Crippen LogP contribution in [0.2, 0.25) is 5.02 Å². The average molecular weight is 319 g/mol. The van der Waals surface area contributed by atoms with Crippen molar-refractivity contribution >= 4 is 21.6 Å². The zero-order valence-electron chi connectivity index (χ0n) is 11.9. The lowest BCUT2D eigenvalue weighted by Gasteiger charge is -2.07. The summed E-state index contributed by atoms with van der Waals surface area (Å²) in [7, 11) is -3.19. The number of sulfonamides is 1. The molecule has 1 rings (SSSR count). The number of benzene rings is 1. The summed E-state index contributed by atoms with van der Waals surface area (Å²) in [5.74, 6) is 0.175. The van der Waals surface area contributed by atoms with Gasteiger partial charge in [-0.1, -0.05) is 30.7 Å². The molecule has 0 aliphatic rings. The molecule has 0 heterocycles. The normalized spacial score (nSPS) is 11.7. The zero-order valence-corrected chi connectivity index (χ0v) is 13.4. The van der Waals surface area contributed by atoms with E-state index >= 15 is 0 Å². The van der Waals surface area contributed by atoms with E-state index in [9.17, 15) is 8.42 Å². The van der Waals surface area contributed by atoms with Crippen molar-refractivity contribution in [2.75, 3.05) is 18.8 Å². The first-order valence-electron chi connectivity index (χ1n) is 6.96. The largest absolute Gasteiger partial charge is 0.317 e.